The molecule has 1 saturated carbocycles. The molecule has 2 aromatic rings. The number of benzene rings is 1. The summed E-state index contributed by atoms with van der Waals surface area (Å²) in [5, 5.41) is 2.84. The van der Waals surface area contributed by atoms with E-state index in [1.54, 1.807) is 12.1 Å². The fraction of sp³-hybridized carbons (Fsp3) is 0.357. The zero-order valence-corrected chi connectivity index (χ0v) is 10.9. The molecule has 18 heavy (non-hydrogen) atoms. The van der Waals surface area contributed by atoms with Crippen molar-refractivity contribution in [2.24, 2.45) is 0 Å². The summed E-state index contributed by atoms with van der Waals surface area (Å²) >= 11 is 1.54. The van der Waals surface area contributed by atoms with Crippen LogP contribution < -0.4 is 10.7 Å². The van der Waals surface area contributed by atoms with Gasteiger partial charge in [0.05, 0.1) is 5.41 Å². The Morgan fingerprint density at radius 1 is 1.17 bits per heavy atom. The van der Waals surface area contributed by atoms with Gasteiger partial charge in [0.25, 0.3) is 0 Å². The van der Waals surface area contributed by atoms with Gasteiger partial charge in [-0.3, -0.25) is 5.73 Å². The monoisotopic (exact) mass is 263 g/mol. The Morgan fingerprint density at radius 3 is 2.39 bits per heavy atom. The van der Waals surface area contributed by atoms with Gasteiger partial charge in [0.2, 0.25) is 0 Å². The number of H-pyrrole nitrogens is 1. The molecule has 0 radical (unpaired) electrons. The lowest BCUT2D eigenvalue weighted by molar-refractivity contribution is -0.373. The molecular formula is C14H16FN2S+. The van der Waals surface area contributed by atoms with Crippen molar-refractivity contribution in [2.75, 3.05) is 5.73 Å². The van der Waals surface area contributed by atoms with Crippen LogP contribution in [0, 0.1) is 5.82 Å². The fourth-order valence-corrected chi connectivity index (χ4v) is 3.71. The number of aromatic nitrogens is 1. The highest BCUT2D eigenvalue weighted by molar-refractivity contribution is 7.13. The van der Waals surface area contributed by atoms with E-state index in [-0.39, 0.29) is 11.2 Å². The van der Waals surface area contributed by atoms with Gasteiger partial charge >= 0.3 is 5.13 Å². The lowest BCUT2D eigenvalue weighted by Gasteiger charge is -2.26. The van der Waals surface area contributed by atoms with Gasteiger partial charge < -0.3 is 0 Å². The van der Waals surface area contributed by atoms with E-state index in [0.29, 0.717) is 0 Å². The summed E-state index contributed by atoms with van der Waals surface area (Å²) in [6.45, 7) is 0. The molecular weight excluding hydrogens is 247 g/mol. The third-order valence-electron chi connectivity index (χ3n) is 3.93. The van der Waals surface area contributed by atoms with Gasteiger partial charge in [0.15, 0.2) is 0 Å². The summed E-state index contributed by atoms with van der Waals surface area (Å²) < 4.78 is 13.1. The predicted octanol–water partition coefficient (Wildman–Crippen LogP) is 3.14. The molecule has 0 atom stereocenters. The molecule has 1 aromatic heterocycles. The van der Waals surface area contributed by atoms with Gasteiger partial charge in [-0.1, -0.05) is 36.3 Å². The Labute approximate surface area is 110 Å². The quantitative estimate of drug-likeness (QED) is 0.888. The standard InChI is InChI=1S/C14H15FN2S/c15-11-5-3-10(4-6-11)14(7-1-2-8-14)12-9-18-13(16)17-12/h3-6,9H,1-2,7-8H2,(H2,16,17)/p+1. The first-order valence-electron chi connectivity index (χ1n) is 6.23. The molecule has 1 aromatic carbocycles. The molecule has 1 aliphatic rings. The van der Waals surface area contributed by atoms with Crippen LogP contribution in [0.2, 0.25) is 0 Å². The van der Waals surface area contributed by atoms with Crippen LogP contribution in [0.5, 0.6) is 0 Å². The van der Waals surface area contributed by atoms with Crippen molar-refractivity contribution < 1.29 is 9.37 Å². The smallest absolute Gasteiger partial charge is 0.278 e. The Hall–Kier alpha value is -1.42. The number of rotatable bonds is 2. The van der Waals surface area contributed by atoms with Gasteiger partial charge in [-0.05, 0) is 30.5 Å². The van der Waals surface area contributed by atoms with Crippen LogP contribution in [0.25, 0.3) is 0 Å². The summed E-state index contributed by atoms with van der Waals surface area (Å²) in [5.74, 6) is -0.180. The number of anilines is 1. The number of aromatic amines is 1. The summed E-state index contributed by atoms with van der Waals surface area (Å²) in [5.41, 5.74) is 8.18. The van der Waals surface area contributed by atoms with E-state index < -0.39 is 0 Å². The third kappa shape index (κ3) is 1.81. The molecule has 0 amide bonds. The number of hydrogen-bond acceptors (Lipinski definition) is 2. The minimum Gasteiger partial charge on any atom is -0.278 e. The van der Waals surface area contributed by atoms with Crippen molar-refractivity contribution in [2.45, 2.75) is 31.1 Å². The van der Waals surface area contributed by atoms with E-state index in [1.807, 2.05) is 12.1 Å². The molecule has 1 heterocycles. The Bertz CT molecular complexity index is 541. The topological polar surface area (TPSA) is 40.2 Å². The Balaban J connectivity index is 2.09. The van der Waals surface area contributed by atoms with Crippen molar-refractivity contribution in [3.63, 3.8) is 0 Å². The molecule has 0 bridgehead atoms. The van der Waals surface area contributed by atoms with Crippen LogP contribution in [0.4, 0.5) is 9.52 Å². The van der Waals surface area contributed by atoms with Gasteiger partial charge in [-0.2, -0.15) is 0 Å². The van der Waals surface area contributed by atoms with Crippen LogP contribution >= 0.6 is 11.3 Å². The van der Waals surface area contributed by atoms with E-state index in [2.05, 4.69) is 10.4 Å². The number of nitrogens with one attached hydrogen (secondary N) is 1. The maximum absolute atomic E-state index is 13.1. The van der Waals surface area contributed by atoms with Crippen molar-refractivity contribution >= 4 is 16.5 Å². The van der Waals surface area contributed by atoms with Crippen molar-refractivity contribution in [3.8, 4) is 0 Å². The number of nitrogens with two attached hydrogens (primary N) is 1. The number of thiazole rings is 1. The van der Waals surface area contributed by atoms with Crippen LogP contribution in [0.15, 0.2) is 29.6 Å². The van der Waals surface area contributed by atoms with E-state index in [1.165, 1.54) is 35.4 Å². The van der Waals surface area contributed by atoms with Crippen LogP contribution in [0.1, 0.15) is 36.9 Å². The fourth-order valence-electron chi connectivity index (χ4n) is 3.01. The zero-order valence-electron chi connectivity index (χ0n) is 10.1. The van der Waals surface area contributed by atoms with E-state index >= 15 is 0 Å². The maximum Gasteiger partial charge on any atom is 0.329 e. The largest absolute Gasteiger partial charge is 0.329 e. The summed E-state index contributed by atoms with van der Waals surface area (Å²) in [6.07, 6.45) is 4.62. The number of nitrogen functional groups attached to an aromatic ring is 1. The SMILES string of the molecule is Nc1[nH+]c(C2(c3ccc(F)cc3)CCCC2)cs1. The van der Waals surface area contributed by atoms with Gasteiger partial charge in [0, 0.05) is 5.38 Å². The maximum atomic E-state index is 13.1. The van der Waals surface area contributed by atoms with E-state index in [4.69, 9.17) is 5.73 Å². The predicted molar refractivity (Wildman–Crippen MR) is 70.9 cm³/mol. The molecule has 3 rings (SSSR count). The molecule has 0 aliphatic heterocycles. The lowest BCUT2D eigenvalue weighted by atomic mass is 9.76. The van der Waals surface area contributed by atoms with Crippen molar-refractivity contribution in [1.82, 2.24) is 0 Å². The van der Waals surface area contributed by atoms with Crippen molar-refractivity contribution in [1.29, 1.82) is 0 Å². The minimum absolute atomic E-state index is 0.00181. The highest BCUT2D eigenvalue weighted by Crippen LogP contribution is 2.45. The molecule has 1 fully saturated rings. The summed E-state index contributed by atoms with van der Waals surface area (Å²) in [7, 11) is 0. The molecule has 0 saturated heterocycles. The average molecular weight is 263 g/mol. The highest BCUT2D eigenvalue weighted by Gasteiger charge is 2.40. The Morgan fingerprint density at radius 2 is 1.83 bits per heavy atom. The highest BCUT2D eigenvalue weighted by atomic mass is 32.1. The second kappa shape index (κ2) is 4.35. The molecule has 0 unspecified atom stereocenters. The first-order chi connectivity index (χ1) is 8.71. The third-order valence-corrected chi connectivity index (χ3v) is 4.64. The second-order valence-electron chi connectivity index (χ2n) is 4.93. The summed E-state index contributed by atoms with van der Waals surface area (Å²) in [6, 6.07) is 6.90. The summed E-state index contributed by atoms with van der Waals surface area (Å²) in [4.78, 5) is 3.27. The van der Waals surface area contributed by atoms with Gasteiger partial charge in [0.1, 0.15) is 11.5 Å². The molecule has 94 valence electrons. The molecule has 0 spiro atoms. The van der Waals surface area contributed by atoms with Crippen LogP contribution in [-0.4, -0.2) is 0 Å². The average Bonchev–Trinajstić information content (AvgIpc) is 2.99. The number of halogens is 1. The van der Waals surface area contributed by atoms with E-state index in [9.17, 15) is 4.39 Å². The normalized spacial score (nSPS) is 18.1. The van der Waals surface area contributed by atoms with Gasteiger partial charge in [-0.25, -0.2) is 9.37 Å². The molecule has 4 heteroatoms. The molecule has 1 aliphatic carbocycles. The molecule has 2 nitrogen and oxygen atoms in total. The van der Waals surface area contributed by atoms with Crippen LogP contribution in [-0.2, 0) is 5.41 Å². The lowest BCUT2D eigenvalue weighted by Crippen LogP contribution is -2.30. The first kappa shape index (κ1) is 11.7. The van der Waals surface area contributed by atoms with Crippen LogP contribution in [0.3, 0.4) is 0 Å². The molecule has 3 N–H and O–H groups in total. The zero-order chi connectivity index (χ0) is 12.6. The Kier molecular flexibility index (Phi) is 2.82. The minimum atomic E-state index is -0.180. The number of hydrogen-bond donors (Lipinski definition) is 1. The van der Waals surface area contributed by atoms with E-state index in [0.717, 1.165) is 18.0 Å². The van der Waals surface area contributed by atoms with Gasteiger partial charge in [-0.15, -0.1) is 0 Å². The first-order valence-corrected chi connectivity index (χ1v) is 7.11. The van der Waals surface area contributed by atoms with Crippen molar-refractivity contribution in [3.05, 3.63) is 46.7 Å². The second-order valence-corrected chi connectivity index (χ2v) is 5.85.